The zero-order valence-electron chi connectivity index (χ0n) is 16.4. The van der Waals surface area contributed by atoms with E-state index in [9.17, 15) is 9.59 Å². The van der Waals surface area contributed by atoms with Gasteiger partial charge in [0.1, 0.15) is 5.75 Å². The van der Waals surface area contributed by atoms with Gasteiger partial charge in [0.25, 0.3) is 11.8 Å². The standard InChI is InChI=1S/C24H21N3O3/c28-23(17-7-10-25-11-8-17)26-20-6-5-16-9-12-27(15-19(16)13-20)24(29)22-14-18-3-1-2-4-21(18)30-22/h1-8,10-11,13,22H,9,12,14-15H2,(H,26,28)/t22-/m1/s1. The number of anilines is 1. The molecule has 1 atom stereocenters. The molecule has 150 valence electrons. The molecule has 1 aromatic heterocycles. The first-order valence-electron chi connectivity index (χ1n) is 10.0. The monoisotopic (exact) mass is 399 g/mol. The molecule has 2 aromatic carbocycles. The highest BCUT2D eigenvalue weighted by Gasteiger charge is 2.33. The van der Waals surface area contributed by atoms with Gasteiger partial charge in [-0.1, -0.05) is 24.3 Å². The SMILES string of the molecule is O=C(Nc1ccc2c(c1)CN(C(=O)[C@H]1Cc3ccccc3O1)CC2)c1ccncc1. The molecule has 5 rings (SSSR count). The summed E-state index contributed by atoms with van der Waals surface area (Å²) < 4.78 is 5.88. The number of benzene rings is 2. The van der Waals surface area contributed by atoms with Crippen molar-refractivity contribution in [3.8, 4) is 5.75 Å². The van der Waals surface area contributed by atoms with Crippen LogP contribution in [-0.4, -0.2) is 34.3 Å². The number of amides is 2. The van der Waals surface area contributed by atoms with Crippen LogP contribution < -0.4 is 10.1 Å². The normalized spacial score (nSPS) is 16.9. The van der Waals surface area contributed by atoms with Crippen LogP contribution >= 0.6 is 0 Å². The minimum atomic E-state index is -0.460. The minimum Gasteiger partial charge on any atom is -0.480 e. The number of fused-ring (bicyclic) bond motifs is 2. The lowest BCUT2D eigenvalue weighted by Crippen LogP contribution is -2.43. The van der Waals surface area contributed by atoms with Crippen LogP contribution in [0.3, 0.4) is 0 Å². The highest BCUT2D eigenvalue weighted by molar-refractivity contribution is 6.04. The highest BCUT2D eigenvalue weighted by atomic mass is 16.5. The highest BCUT2D eigenvalue weighted by Crippen LogP contribution is 2.30. The average Bonchev–Trinajstić information content (AvgIpc) is 3.23. The quantitative estimate of drug-likeness (QED) is 0.734. The van der Waals surface area contributed by atoms with Gasteiger partial charge in [-0.15, -0.1) is 0 Å². The predicted molar refractivity (Wildman–Crippen MR) is 112 cm³/mol. The number of pyridine rings is 1. The van der Waals surface area contributed by atoms with Crippen LogP contribution in [0.5, 0.6) is 5.75 Å². The van der Waals surface area contributed by atoms with Crippen LogP contribution in [-0.2, 0) is 24.2 Å². The lowest BCUT2D eigenvalue weighted by Gasteiger charge is -2.31. The lowest BCUT2D eigenvalue weighted by atomic mass is 9.98. The Kier molecular flexibility index (Phi) is 4.67. The number of nitrogens with one attached hydrogen (secondary N) is 1. The number of carbonyl (C=O) groups is 2. The van der Waals surface area contributed by atoms with E-state index < -0.39 is 6.10 Å². The summed E-state index contributed by atoms with van der Waals surface area (Å²) in [5.41, 5.74) is 4.61. The van der Waals surface area contributed by atoms with E-state index in [1.54, 1.807) is 24.5 Å². The zero-order valence-corrected chi connectivity index (χ0v) is 16.4. The summed E-state index contributed by atoms with van der Waals surface area (Å²) in [5, 5.41) is 2.92. The molecule has 3 heterocycles. The van der Waals surface area contributed by atoms with Crippen molar-refractivity contribution in [3.05, 3.63) is 89.2 Å². The Morgan fingerprint density at radius 2 is 1.83 bits per heavy atom. The fourth-order valence-corrected chi connectivity index (χ4v) is 4.05. The molecule has 6 heteroatoms. The van der Waals surface area contributed by atoms with Gasteiger partial charge in [-0.2, -0.15) is 0 Å². The van der Waals surface area contributed by atoms with Gasteiger partial charge >= 0.3 is 0 Å². The number of rotatable bonds is 3. The Hall–Kier alpha value is -3.67. The van der Waals surface area contributed by atoms with Crippen LogP contribution in [0.4, 0.5) is 5.69 Å². The van der Waals surface area contributed by atoms with E-state index in [4.69, 9.17) is 4.74 Å². The van der Waals surface area contributed by atoms with Gasteiger partial charge in [0, 0.05) is 43.2 Å². The maximum atomic E-state index is 13.1. The molecule has 0 radical (unpaired) electrons. The van der Waals surface area contributed by atoms with Gasteiger partial charge in [-0.25, -0.2) is 0 Å². The van der Waals surface area contributed by atoms with Crippen molar-refractivity contribution in [1.29, 1.82) is 0 Å². The predicted octanol–water partition coefficient (Wildman–Crippen LogP) is 3.22. The lowest BCUT2D eigenvalue weighted by molar-refractivity contribution is -0.138. The van der Waals surface area contributed by atoms with Crippen LogP contribution in [0.1, 0.15) is 27.0 Å². The van der Waals surface area contributed by atoms with E-state index in [0.29, 0.717) is 25.1 Å². The van der Waals surface area contributed by atoms with Gasteiger partial charge in [-0.3, -0.25) is 14.6 Å². The molecule has 2 aliphatic heterocycles. The van der Waals surface area contributed by atoms with Crippen molar-refractivity contribution < 1.29 is 14.3 Å². The molecule has 6 nitrogen and oxygen atoms in total. The van der Waals surface area contributed by atoms with Crippen molar-refractivity contribution in [2.75, 3.05) is 11.9 Å². The molecule has 0 bridgehead atoms. The Bertz CT molecular complexity index is 1090. The molecule has 0 unspecified atom stereocenters. The molecule has 1 N–H and O–H groups in total. The molecule has 2 aliphatic rings. The third-order valence-electron chi connectivity index (χ3n) is 5.65. The summed E-state index contributed by atoms with van der Waals surface area (Å²) in [6.07, 6.45) is 4.13. The van der Waals surface area contributed by atoms with Gasteiger partial charge in [0.05, 0.1) is 0 Å². The van der Waals surface area contributed by atoms with E-state index in [2.05, 4.69) is 10.3 Å². The summed E-state index contributed by atoms with van der Waals surface area (Å²) in [5.74, 6) is 0.635. The summed E-state index contributed by atoms with van der Waals surface area (Å²) in [6.45, 7) is 1.19. The van der Waals surface area contributed by atoms with Crippen molar-refractivity contribution in [2.24, 2.45) is 0 Å². The molecule has 0 saturated heterocycles. The molecule has 0 aliphatic carbocycles. The second-order valence-corrected chi connectivity index (χ2v) is 7.60. The number of hydrogen-bond donors (Lipinski definition) is 1. The average molecular weight is 399 g/mol. The summed E-state index contributed by atoms with van der Waals surface area (Å²) in [4.78, 5) is 31.3. The van der Waals surface area contributed by atoms with Gasteiger partial charge in [-0.05, 0) is 53.4 Å². The molecular weight excluding hydrogens is 378 g/mol. The van der Waals surface area contributed by atoms with E-state index in [0.717, 1.165) is 29.0 Å². The number of ether oxygens (including phenoxy) is 1. The Balaban J connectivity index is 1.28. The summed E-state index contributed by atoms with van der Waals surface area (Å²) in [6, 6.07) is 17.0. The maximum Gasteiger partial charge on any atom is 0.264 e. The number of carbonyl (C=O) groups excluding carboxylic acids is 2. The van der Waals surface area contributed by atoms with Crippen LogP contribution in [0.15, 0.2) is 67.0 Å². The van der Waals surface area contributed by atoms with Crippen molar-refractivity contribution in [1.82, 2.24) is 9.88 Å². The van der Waals surface area contributed by atoms with Crippen LogP contribution in [0.2, 0.25) is 0 Å². The minimum absolute atomic E-state index is 0.0167. The van der Waals surface area contributed by atoms with Gasteiger partial charge < -0.3 is 15.0 Å². The second-order valence-electron chi connectivity index (χ2n) is 7.60. The summed E-state index contributed by atoms with van der Waals surface area (Å²) in [7, 11) is 0. The third-order valence-corrected chi connectivity index (χ3v) is 5.65. The molecule has 0 spiro atoms. The fourth-order valence-electron chi connectivity index (χ4n) is 4.05. The number of nitrogens with zero attached hydrogens (tertiary/aromatic N) is 2. The largest absolute Gasteiger partial charge is 0.480 e. The first-order valence-corrected chi connectivity index (χ1v) is 10.0. The Labute approximate surface area is 174 Å². The number of hydrogen-bond acceptors (Lipinski definition) is 4. The topological polar surface area (TPSA) is 71.5 Å². The van der Waals surface area contributed by atoms with E-state index in [1.807, 2.05) is 47.4 Å². The van der Waals surface area contributed by atoms with Crippen LogP contribution in [0.25, 0.3) is 0 Å². The van der Waals surface area contributed by atoms with E-state index in [-0.39, 0.29) is 11.8 Å². The number of aromatic nitrogens is 1. The molecule has 0 fully saturated rings. The molecular formula is C24H21N3O3. The Morgan fingerprint density at radius 1 is 1.00 bits per heavy atom. The summed E-state index contributed by atoms with van der Waals surface area (Å²) >= 11 is 0. The fraction of sp³-hybridized carbons (Fsp3) is 0.208. The van der Waals surface area contributed by atoms with Crippen molar-refractivity contribution >= 4 is 17.5 Å². The third kappa shape index (κ3) is 3.52. The Morgan fingerprint density at radius 3 is 2.67 bits per heavy atom. The molecule has 30 heavy (non-hydrogen) atoms. The maximum absolute atomic E-state index is 13.1. The van der Waals surface area contributed by atoms with Crippen LogP contribution in [0, 0.1) is 0 Å². The van der Waals surface area contributed by atoms with E-state index >= 15 is 0 Å². The van der Waals surface area contributed by atoms with Gasteiger partial charge in [0.2, 0.25) is 0 Å². The molecule has 3 aromatic rings. The zero-order chi connectivity index (χ0) is 20.5. The van der Waals surface area contributed by atoms with Gasteiger partial charge in [0.15, 0.2) is 6.10 Å². The first-order chi connectivity index (χ1) is 14.7. The molecule has 2 amide bonds. The van der Waals surface area contributed by atoms with E-state index in [1.165, 1.54) is 5.56 Å². The molecule has 0 saturated carbocycles. The van der Waals surface area contributed by atoms with Crippen molar-refractivity contribution in [3.63, 3.8) is 0 Å². The first kappa shape index (κ1) is 18.4. The second kappa shape index (κ2) is 7.63. The smallest absolute Gasteiger partial charge is 0.264 e. The van der Waals surface area contributed by atoms with Crippen molar-refractivity contribution in [2.45, 2.75) is 25.5 Å². The number of para-hydroxylation sites is 1.